The van der Waals surface area contributed by atoms with Crippen molar-refractivity contribution in [3.8, 4) is 17.2 Å². The van der Waals surface area contributed by atoms with Gasteiger partial charge in [0, 0.05) is 54.1 Å². The number of carbonyl (C=O) groups is 3. The number of aliphatic hydroxyl groups excluding tert-OH is 3. The van der Waals surface area contributed by atoms with Crippen LogP contribution in [-0.4, -0.2) is 81.6 Å². The number of aromatic amines is 1. The number of H-pyrrole nitrogens is 1. The first-order valence-corrected chi connectivity index (χ1v) is 19.1. The summed E-state index contributed by atoms with van der Waals surface area (Å²) in [4.78, 5) is 43.9. The van der Waals surface area contributed by atoms with E-state index in [1.54, 1.807) is 13.8 Å². The Labute approximate surface area is 314 Å². The van der Waals surface area contributed by atoms with E-state index in [-0.39, 0.29) is 79.7 Å². The molecule has 12 heteroatoms. The summed E-state index contributed by atoms with van der Waals surface area (Å²) in [6, 6.07) is 7.60. The Morgan fingerprint density at radius 3 is 2.57 bits per heavy atom. The number of ether oxygens (including phenoxy) is 4. The van der Waals surface area contributed by atoms with E-state index in [0.29, 0.717) is 35.0 Å². The average molecular weight is 746 g/mol. The topological polar surface area (TPSA) is 185 Å². The Morgan fingerprint density at radius 1 is 1.06 bits per heavy atom. The second-order valence-electron chi connectivity index (χ2n) is 14.6. The molecular weight excluding hydrogens is 694 g/mol. The third-order valence-electron chi connectivity index (χ3n) is 10.9. The monoisotopic (exact) mass is 745 g/mol. The van der Waals surface area contributed by atoms with Crippen molar-refractivity contribution >= 4 is 34.5 Å². The van der Waals surface area contributed by atoms with E-state index in [0.717, 1.165) is 42.1 Å². The van der Waals surface area contributed by atoms with Gasteiger partial charge in [-0.1, -0.05) is 44.2 Å². The Kier molecular flexibility index (Phi) is 12.3. The normalized spacial score (nSPS) is 22.0. The highest BCUT2D eigenvalue weighted by Crippen LogP contribution is 2.57. The summed E-state index contributed by atoms with van der Waals surface area (Å²) in [5.41, 5.74) is 2.20. The molecule has 1 saturated carbocycles. The first-order chi connectivity index (χ1) is 26.1. The summed E-state index contributed by atoms with van der Waals surface area (Å²) in [7, 11) is 0. The number of Topliss-reactive ketones (excluding diaryl/α,β-unsaturated/α-hetero) is 1. The smallest absolute Gasteiger partial charge is 0.375 e. The first-order valence-electron chi connectivity index (χ1n) is 19.1. The highest BCUT2D eigenvalue weighted by atomic mass is 16.6. The standard InChI is InChI=1S/C42H51NO11/c1-4-6-7-8-13-42(3,50)33-20-29-37(53-33)31(23-47)39-35(38(29)52-16-9-15-44)34(30(22-46)40(54-39)41(49)51-5-2)26-18-27(21-45)36(48)28(19-26)24-10-11-32-25(17-24)12-14-43-32/h10-12,14,17,22,27-28,33,43-45,47,50H,4-9,13,15-16,18-21,23H2,1-3H3. The molecule has 3 aromatic rings. The van der Waals surface area contributed by atoms with Crippen molar-refractivity contribution in [2.45, 2.75) is 103 Å². The molecule has 6 rings (SSSR count). The molecule has 3 aliphatic rings. The minimum absolute atomic E-state index is 0.00785. The zero-order valence-corrected chi connectivity index (χ0v) is 31.2. The first kappa shape index (κ1) is 39.2. The average Bonchev–Trinajstić information content (AvgIpc) is 3.84. The quantitative estimate of drug-likeness (QED) is 0.0722. The zero-order valence-electron chi connectivity index (χ0n) is 31.2. The van der Waals surface area contributed by atoms with Gasteiger partial charge in [0.2, 0.25) is 5.76 Å². The van der Waals surface area contributed by atoms with Crippen LogP contribution in [0, 0.1) is 5.92 Å². The molecule has 1 aromatic heterocycles. The lowest BCUT2D eigenvalue weighted by Gasteiger charge is -2.34. The van der Waals surface area contributed by atoms with Crippen LogP contribution in [0.4, 0.5) is 0 Å². The minimum Gasteiger partial charge on any atom is -0.492 e. The number of unbranched alkanes of at least 4 members (excludes halogenated alkanes) is 3. The van der Waals surface area contributed by atoms with Crippen molar-refractivity contribution in [3.05, 3.63) is 69.6 Å². The number of hydrogen-bond acceptors (Lipinski definition) is 11. The number of hydrogen-bond donors (Lipinski definition) is 5. The molecule has 2 aromatic carbocycles. The van der Waals surface area contributed by atoms with Gasteiger partial charge in [0.05, 0.1) is 48.7 Å². The number of ketones is 1. The van der Waals surface area contributed by atoms with Gasteiger partial charge in [-0.15, -0.1) is 0 Å². The molecule has 1 fully saturated rings. The molecule has 0 amide bonds. The molecule has 4 atom stereocenters. The summed E-state index contributed by atoms with van der Waals surface area (Å²) >= 11 is 0. The van der Waals surface area contributed by atoms with Crippen LogP contribution in [0.5, 0.6) is 17.2 Å². The number of nitrogens with one attached hydrogen (secondary N) is 1. The molecule has 2 aliphatic heterocycles. The van der Waals surface area contributed by atoms with Crippen molar-refractivity contribution in [2.75, 3.05) is 26.4 Å². The predicted molar refractivity (Wildman–Crippen MR) is 200 cm³/mol. The van der Waals surface area contributed by atoms with Crippen molar-refractivity contribution in [2.24, 2.45) is 5.92 Å². The van der Waals surface area contributed by atoms with Crippen LogP contribution in [0.2, 0.25) is 0 Å². The van der Waals surface area contributed by atoms with E-state index in [4.69, 9.17) is 18.9 Å². The number of aromatic nitrogens is 1. The molecule has 1 aliphatic carbocycles. The van der Waals surface area contributed by atoms with Crippen molar-refractivity contribution in [1.29, 1.82) is 0 Å². The molecule has 12 nitrogen and oxygen atoms in total. The Morgan fingerprint density at radius 2 is 1.87 bits per heavy atom. The van der Waals surface area contributed by atoms with Gasteiger partial charge < -0.3 is 44.4 Å². The van der Waals surface area contributed by atoms with Crippen molar-refractivity contribution < 1.29 is 53.8 Å². The Hall–Kier alpha value is -4.49. The summed E-state index contributed by atoms with van der Waals surface area (Å²) < 4.78 is 24.6. The zero-order chi connectivity index (χ0) is 38.6. The van der Waals surface area contributed by atoms with E-state index in [9.17, 15) is 34.8 Å². The molecule has 0 radical (unpaired) electrons. The maximum atomic E-state index is 14.0. The van der Waals surface area contributed by atoms with Gasteiger partial charge in [0.15, 0.2) is 6.29 Å². The number of esters is 1. The largest absolute Gasteiger partial charge is 0.492 e. The van der Waals surface area contributed by atoms with E-state index >= 15 is 0 Å². The van der Waals surface area contributed by atoms with Gasteiger partial charge in [-0.25, -0.2) is 4.79 Å². The van der Waals surface area contributed by atoms with Crippen LogP contribution in [-0.2, 0) is 32.1 Å². The second-order valence-corrected chi connectivity index (χ2v) is 14.6. The summed E-state index contributed by atoms with van der Waals surface area (Å²) in [5, 5.41) is 43.9. The number of allylic oxidation sites excluding steroid dienone is 3. The summed E-state index contributed by atoms with van der Waals surface area (Å²) in [6.45, 7) is 4.35. The predicted octanol–water partition coefficient (Wildman–Crippen LogP) is 5.36. The lowest BCUT2D eigenvalue weighted by molar-refractivity contribution is -0.141. The van der Waals surface area contributed by atoms with Crippen molar-refractivity contribution in [1.82, 2.24) is 4.98 Å². The number of carbonyl (C=O) groups excluding carboxylic acids is 3. The van der Waals surface area contributed by atoms with E-state index in [2.05, 4.69) is 11.9 Å². The highest BCUT2D eigenvalue weighted by Gasteiger charge is 2.46. The molecule has 4 unspecified atom stereocenters. The van der Waals surface area contributed by atoms with Crippen molar-refractivity contribution in [3.63, 3.8) is 0 Å². The second kappa shape index (κ2) is 16.9. The fourth-order valence-corrected chi connectivity index (χ4v) is 8.06. The molecule has 3 heterocycles. The summed E-state index contributed by atoms with van der Waals surface area (Å²) in [5.74, 6) is -2.40. The van der Waals surface area contributed by atoms with E-state index in [1.165, 1.54) is 0 Å². The molecule has 54 heavy (non-hydrogen) atoms. The van der Waals surface area contributed by atoms with Gasteiger partial charge in [0.25, 0.3) is 0 Å². The number of benzene rings is 2. The van der Waals surface area contributed by atoms with Gasteiger partial charge >= 0.3 is 5.97 Å². The van der Waals surface area contributed by atoms with Gasteiger partial charge in [-0.2, -0.15) is 0 Å². The lowest BCUT2D eigenvalue weighted by Crippen LogP contribution is -2.42. The molecular formula is C42H51NO11. The fourth-order valence-electron chi connectivity index (χ4n) is 8.06. The third kappa shape index (κ3) is 7.44. The van der Waals surface area contributed by atoms with Gasteiger partial charge in [-0.05, 0) is 62.3 Å². The minimum atomic E-state index is -1.25. The number of aldehydes is 1. The van der Waals surface area contributed by atoms with Gasteiger partial charge in [0.1, 0.15) is 29.1 Å². The number of aliphatic hydroxyl groups is 4. The molecule has 5 N–H and O–H groups in total. The maximum Gasteiger partial charge on any atom is 0.375 e. The van der Waals surface area contributed by atoms with Crippen LogP contribution in [0.3, 0.4) is 0 Å². The fraction of sp³-hybridized carbons (Fsp3) is 0.500. The highest BCUT2D eigenvalue weighted by molar-refractivity contribution is 6.11. The Bertz CT molecular complexity index is 1950. The molecule has 290 valence electrons. The number of rotatable bonds is 16. The van der Waals surface area contributed by atoms with Gasteiger partial charge in [-0.3, -0.25) is 9.59 Å². The molecule has 0 spiro atoms. The SMILES string of the molecule is CCCCCCC(C)(O)C1Cc2c(c(CO)c3c(c2OCCCO)C(=C2CC(CO)C(=O)C(c4ccc5[nH]ccc5c4)C2)C(C=O)=C(C(=O)OCC)O3)O1. The Balaban J connectivity index is 1.58. The van der Waals surface area contributed by atoms with E-state index < -0.39 is 48.5 Å². The van der Waals surface area contributed by atoms with Crippen LogP contribution >= 0.6 is 0 Å². The summed E-state index contributed by atoms with van der Waals surface area (Å²) in [6.07, 6.45) is 6.63. The third-order valence-corrected chi connectivity index (χ3v) is 10.9. The lowest BCUT2D eigenvalue weighted by atomic mass is 9.71. The van der Waals surface area contributed by atoms with Crippen LogP contribution < -0.4 is 14.2 Å². The van der Waals surface area contributed by atoms with Crippen LogP contribution in [0.25, 0.3) is 16.5 Å². The van der Waals surface area contributed by atoms with Crippen LogP contribution in [0.15, 0.2) is 47.4 Å². The van der Waals surface area contributed by atoms with E-state index in [1.807, 2.05) is 30.5 Å². The molecule has 0 saturated heterocycles. The maximum absolute atomic E-state index is 14.0. The molecule has 0 bridgehead atoms. The van der Waals surface area contributed by atoms with Crippen LogP contribution in [0.1, 0.15) is 100 Å². The number of fused-ring (bicyclic) bond motifs is 3.